The number of piperidine rings is 1. The van der Waals surface area contributed by atoms with Gasteiger partial charge in [-0.3, -0.25) is 4.79 Å². The van der Waals surface area contributed by atoms with Crippen molar-refractivity contribution in [3.63, 3.8) is 0 Å². The van der Waals surface area contributed by atoms with Crippen molar-refractivity contribution >= 4 is 33.0 Å². The van der Waals surface area contributed by atoms with Gasteiger partial charge in [0.15, 0.2) is 0 Å². The minimum absolute atomic E-state index is 0.0121. The third-order valence-electron chi connectivity index (χ3n) is 4.15. The minimum Gasteiger partial charge on any atom is -0.320 e. The number of benzene rings is 1. The van der Waals surface area contributed by atoms with Crippen LogP contribution in [0.4, 0.5) is 5.69 Å². The first kappa shape index (κ1) is 18.0. The van der Waals surface area contributed by atoms with E-state index in [0.29, 0.717) is 23.8 Å². The fraction of sp³-hybridized carbons (Fsp3) is 0.438. The number of sulfonamides is 1. The number of amides is 1. The molecule has 1 atom stereocenters. The smallest absolute Gasteiger partial charge is 0.286 e. The van der Waals surface area contributed by atoms with Gasteiger partial charge in [-0.25, -0.2) is 12.7 Å². The number of hydrogen-bond acceptors (Lipinski definition) is 6. The van der Waals surface area contributed by atoms with E-state index in [2.05, 4.69) is 15.5 Å². The second-order valence-corrected chi connectivity index (χ2v) is 9.22. The van der Waals surface area contributed by atoms with Gasteiger partial charge in [0.05, 0.1) is 6.26 Å². The molecule has 0 spiro atoms. The first-order valence-corrected chi connectivity index (χ1v) is 10.7. The van der Waals surface area contributed by atoms with Gasteiger partial charge >= 0.3 is 0 Å². The third kappa shape index (κ3) is 4.42. The number of anilines is 1. The van der Waals surface area contributed by atoms with E-state index in [-0.39, 0.29) is 16.8 Å². The Morgan fingerprint density at radius 3 is 2.68 bits per heavy atom. The normalized spacial score (nSPS) is 18.9. The summed E-state index contributed by atoms with van der Waals surface area (Å²) in [4.78, 5) is 12.3. The van der Waals surface area contributed by atoms with Gasteiger partial charge in [0.1, 0.15) is 5.01 Å². The van der Waals surface area contributed by atoms with E-state index in [1.165, 1.54) is 21.9 Å². The Kier molecular flexibility index (Phi) is 5.16. The van der Waals surface area contributed by atoms with E-state index in [9.17, 15) is 13.2 Å². The lowest BCUT2D eigenvalue weighted by Gasteiger charge is -2.29. The first-order valence-electron chi connectivity index (χ1n) is 7.99. The highest BCUT2D eigenvalue weighted by molar-refractivity contribution is 7.88. The van der Waals surface area contributed by atoms with Crippen molar-refractivity contribution in [2.45, 2.75) is 25.7 Å². The molecule has 1 aromatic heterocycles. The van der Waals surface area contributed by atoms with Crippen LogP contribution in [0.1, 0.15) is 39.1 Å². The molecule has 1 saturated heterocycles. The number of carbonyl (C=O) groups is 1. The average molecular weight is 380 g/mol. The van der Waals surface area contributed by atoms with Crippen LogP contribution in [0.5, 0.6) is 0 Å². The number of carbonyl (C=O) groups excluding carboxylic acids is 1. The Balaban J connectivity index is 1.69. The molecule has 3 rings (SSSR count). The van der Waals surface area contributed by atoms with Crippen LogP contribution >= 0.6 is 11.3 Å². The molecule has 0 unspecified atom stereocenters. The lowest BCUT2D eigenvalue weighted by atomic mass is 10.0. The van der Waals surface area contributed by atoms with E-state index in [1.54, 1.807) is 0 Å². The van der Waals surface area contributed by atoms with Crippen LogP contribution < -0.4 is 5.32 Å². The summed E-state index contributed by atoms with van der Waals surface area (Å²) in [5.74, 6) is -0.315. The molecular formula is C16H20N4O3S2. The van der Waals surface area contributed by atoms with Crippen molar-refractivity contribution in [2.24, 2.45) is 0 Å². The number of nitrogens with zero attached hydrogens (tertiary/aromatic N) is 3. The van der Waals surface area contributed by atoms with Crippen LogP contribution in [-0.2, 0) is 10.0 Å². The number of aryl methyl sites for hydroxylation is 1. The molecule has 2 aromatic rings. The van der Waals surface area contributed by atoms with Crippen LogP contribution in [0.25, 0.3) is 0 Å². The van der Waals surface area contributed by atoms with Gasteiger partial charge in [0.25, 0.3) is 5.91 Å². The summed E-state index contributed by atoms with van der Waals surface area (Å²) in [6.45, 7) is 2.91. The number of nitrogens with one attached hydrogen (secondary N) is 1. The fourth-order valence-corrected chi connectivity index (χ4v) is 4.53. The Bertz CT molecular complexity index is 862. The summed E-state index contributed by atoms with van der Waals surface area (Å²) in [6.07, 6.45) is 2.85. The van der Waals surface area contributed by atoms with Crippen molar-refractivity contribution in [2.75, 3.05) is 24.7 Å². The fourth-order valence-electron chi connectivity index (χ4n) is 2.76. The maximum absolute atomic E-state index is 12.3. The molecule has 1 amide bonds. The predicted octanol–water partition coefficient (Wildman–Crippen LogP) is 2.24. The Morgan fingerprint density at radius 2 is 2.00 bits per heavy atom. The monoisotopic (exact) mass is 380 g/mol. The van der Waals surface area contributed by atoms with Crippen molar-refractivity contribution in [1.29, 1.82) is 0 Å². The van der Waals surface area contributed by atoms with Gasteiger partial charge in [0, 0.05) is 24.7 Å². The van der Waals surface area contributed by atoms with E-state index in [1.807, 2.05) is 31.2 Å². The molecule has 1 N–H and O–H groups in total. The number of hydrogen-bond donors (Lipinski definition) is 1. The molecule has 9 heteroatoms. The van der Waals surface area contributed by atoms with Gasteiger partial charge in [-0.05, 0) is 31.9 Å². The van der Waals surface area contributed by atoms with E-state index >= 15 is 0 Å². The van der Waals surface area contributed by atoms with Crippen LogP contribution in [0, 0.1) is 6.92 Å². The molecule has 25 heavy (non-hydrogen) atoms. The lowest BCUT2D eigenvalue weighted by molar-refractivity contribution is 0.102. The standard InChI is InChI=1S/C16H20N4O3S2/c1-11-5-7-13(8-6-11)17-14(21)16-19-18-15(24-16)12-4-3-9-20(10-12)25(2,22)23/h5-8,12H,3-4,9-10H2,1-2H3,(H,17,21)/t12-/m1/s1. The topological polar surface area (TPSA) is 92.3 Å². The van der Waals surface area contributed by atoms with Crippen molar-refractivity contribution in [3.8, 4) is 0 Å². The summed E-state index contributed by atoms with van der Waals surface area (Å²) in [5.41, 5.74) is 1.82. The first-order chi connectivity index (χ1) is 11.8. The highest BCUT2D eigenvalue weighted by atomic mass is 32.2. The molecule has 1 aliphatic heterocycles. The molecule has 0 saturated carbocycles. The molecule has 1 aromatic carbocycles. The summed E-state index contributed by atoms with van der Waals surface area (Å²) >= 11 is 1.23. The quantitative estimate of drug-likeness (QED) is 0.878. The zero-order chi connectivity index (χ0) is 18.0. The zero-order valence-electron chi connectivity index (χ0n) is 14.1. The average Bonchev–Trinajstić information content (AvgIpc) is 3.06. The molecule has 7 nitrogen and oxygen atoms in total. The summed E-state index contributed by atoms with van der Waals surface area (Å²) in [5, 5.41) is 11.9. The van der Waals surface area contributed by atoms with Gasteiger partial charge in [-0.2, -0.15) is 0 Å². The molecule has 0 radical (unpaired) electrons. The Morgan fingerprint density at radius 1 is 1.28 bits per heavy atom. The largest absolute Gasteiger partial charge is 0.320 e. The maximum Gasteiger partial charge on any atom is 0.286 e. The van der Waals surface area contributed by atoms with Crippen molar-refractivity contribution in [3.05, 3.63) is 39.8 Å². The van der Waals surface area contributed by atoms with Gasteiger partial charge in [0.2, 0.25) is 15.0 Å². The van der Waals surface area contributed by atoms with Crippen LogP contribution in [0.15, 0.2) is 24.3 Å². The summed E-state index contributed by atoms with van der Waals surface area (Å²) < 4.78 is 24.9. The SMILES string of the molecule is Cc1ccc(NC(=O)c2nnc([C@@H]3CCCN(S(C)(=O)=O)C3)s2)cc1. The third-order valence-corrected chi connectivity index (χ3v) is 6.50. The summed E-state index contributed by atoms with van der Waals surface area (Å²) in [7, 11) is -3.21. The highest BCUT2D eigenvalue weighted by Gasteiger charge is 2.29. The van der Waals surface area contributed by atoms with Gasteiger partial charge < -0.3 is 5.32 Å². The predicted molar refractivity (Wildman–Crippen MR) is 97.4 cm³/mol. The zero-order valence-corrected chi connectivity index (χ0v) is 15.7. The molecule has 134 valence electrons. The van der Waals surface area contributed by atoms with Crippen LogP contribution in [0.2, 0.25) is 0 Å². The number of rotatable bonds is 4. The molecule has 1 fully saturated rings. The van der Waals surface area contributed by atoms with Crippen LogP contribution in [-0.4, -0.2) is 48.2 Å². The van der Waals surface area contributed by atoms with E-state index in [0.717, 1.165) is 18.4 Å². The van der Waals surface area contributed by atoms with E-state index < -0.39 is 10.0 Å². The van der Waals surface area contributed by atoms with E-state index in [4.69, 9.17) is 0 Å². The number of aromatic nitrogens is 2. The van der Waals surface area contributed by atoms with Gasteiger partial charge in [-0.1, -0.05) is 29.0 Å². The minimum atomic E-state index is -3.21. The lowest BCUT2D eigenvalue weighted by Crippen LogP contribution is -2.38. The second-order valence-electron chi connectivity index (χ2n) is 6.23. The van der Waals surface area contributed by atoms with Gasteiger partial charge in [-0.15, -0.1) is 10.2 Å². The molecule has 0 bridgehead atoms. The Hall–Kier alpha value is -1.84. The molecular weight excluding hydrogens is 360 g/mol. The maximum atomic E-state index is 12.3. The molecule has 2 heterocycles. The Labute approximate surface area is 151 Å². The molecule has 1 aliphatic rings. The highest BCUT2D eigenvalue weighted by Crippen LogP contribution is 2.30. The van der Waals surface area contributed by atoms with Crippen molar-refractivity contribution in [1.82, 2.24) is 14.5 Å². The second kappa shape index (κ2) is 7.19. The van der Waals surface area contributed by atoms with Crippen molar-refractivity contribution < 1.29 is 13.2 Å². The summed E-state index contributed by atoms with van der Waals surface area (Å²) in [6, 6.07) is 7.51. The molecule has 0 aliphatic carbocycles. The van der Waals surface area contributed by atoms with Crippen LogP contribution in [0.3, 0.4) is 0 Å².